The van der Waals surface area contributed by atoms with Crippen molar-refractivity contribution < 1.29 is 14.3 Å². The number of benzene rings is 3. The Balaban J connectivity index is 1.42. The topological polar surface area (TPSA) is 38.8 Å². The smallest absolute Gasteiger partial charge is 0.410 e. The lowest BCUT2D eigenvalue weighted by molar-refractivity contribution is 0.0510. The van der Waals surface area contributed by atoms with Crippen LogP contribution in [0.5, 0.6) is 5.75 Å². The molecule has 2 atom stereocenters. The maximum atomic E-state index is 13.0. The van der Waals surface area contributed by atoms with Crippen LogP contribution in [0.3, 0.4) is 0 Å². The molecule has 4 heteroatoms. The van der Waals surface area contributed by atoms with Crippen LogP contribution in [0, 0.1) is 0 Å². The molecule has 2 heterocycles. The second-order valence-corrected chi connectivity index (χ2v) is 8.36. The summed E-state index contributed by atoms with van der Waals surface area (Å²) < 4.78 is 11.3. The fourth-order valence-electron chi connectivity index (χ4n) is 5.04. The van der Waals surface area contributed by atoms with E-state index in [9.17, 15) is 4.79 Å². The summed E-state index contributed by atoms with van der Waals surface area (Å²) in [6.07, 6.45) is 6.08. The molecule has 4 nitrogen and oxygen atoms in total. The number of rotatable bonds is 4. The van der Waals surface area contributed by atoms with Crippen molar-refractivity contribution in [2.75, 3.05) is 7.11 Å². The highest BCUT2D eigenvalue weighted by molar-refractivity contribution is 5.98. The van der Waals surface area contributed by atoms with Crippen LogP contribution in [0.15, 0.2) is 72.8 Å². The summed E-state index contributed by atoms with van der Waals surface area (Å²) in [5, 5.41) is 2.32. The second-order valence-electron chi connectivity index (χ2n) is 8.36. The molecule has 3 aromatic rings. The van der Waals surface area contributed by atoms with Crippen LogP contribution in [-0.2, 0) is 11.3 Å². The van der Waals surface area contributed by atoms with Gasteiger partial charge in [-0.1, -0.05) is 66.7 Å². The van der Waals surface area contributed by atoms with Crippen LogP contribution in [0.1, 0.15) is 36.8 Å². The van der Waals surface area contributed by atoms with Crippen molar-refractivity contribution in [2.24, 2.45) is 0 Å². The minimum atomic E-state index is -0.201. The fourth-order valence-corrected chi connectivity index (χ4v) is 5.04. The molecule has 0 aromatic heterocycles. The van der Waals surface area contributed by atoms with E-state index >= 15 is 0 Å². The van der Waals surface area contributed by atoms with Gasteiger partial charge in [-0.25, -0.2) is 4.79 Å². The SMILES string of the molecule is COc1ccc(C2=CC3CCCC(C2)N3C(=O)OCc2ccccc2)c2ccccc12. The lowest BCUT2D eigenvalue weighted by Crippen LogP contribution is -2.51. The molecule has 0 aliphatic carbocycles. The van der Waals surface area contributed by atoms with Gasteiger partial charge in [0.1, 0.15) is 12.4 Å². The summed E-state index contributed by atoms with van der Waals surface area (Å²) >= 11 is 0. The maximum absolute atomic E-state index is 13.0. The summed E-state index contributed by atoms with van der Waals surface area (Å²) in [5.74, 6) is 0.891. The number of carbonyl (C=O) groups excluding carboxylic acids is 1. The van der Waals surface area contributed by atoms with Gasteiger partial charge in [-0.3, -0.25) is 4.90 Å². The molecule has 1 saturated heterocycles. The zero-order chi connectivity index (χ0) is 21.2. The molecule has 2 aliphatic heterocycles. The second kappa shape index (κ2) is 8.46. The van der Waals surface area contributed by atoms with Gasteiger partial charge in [0, 0.05) is 11.4 Å². The first-order valence-electron chi connectivity index (χ1n) is 11.0. The van der Waals surface area contributed by atoms with Crippen LogP contribution < -0.4 is 4.74 Å². The Kier molecular flexibility index (Phi) is 5.37. The molecule has 2 aliphatic rings. The molecule has 0 saturated carbocycles. The van der Waals surface area contributed by atoms with E-state index in [1.807, 2.05) is 41.3 Å². The molecule has 1 amide bonds. The monoisotopic (exact) mass is 413 g/mol. The lowest BCUT2D eigenvalue weighted by atomic mass is 9.82. The van der Waals surface area contributed by atoms with E-state index in [0.29, 0.717) is 6.61 Å². The number of amides is 1. The number of hydrogen-bond donors (Lipinski definition) is 0. The van der Waals surface area contributed by atoms with E-state index in [4.69, 9.17) is 9.47 Å². The van der Waals surface area contributed by atoms with Gasteiger partial charge in [0.25, 0.3) is 0 Å². The van der Waals surface area contributed by atoms with Crippen LogP contribution in [0.25, 0.3) is 16.3 Å². The Labute approximate surface area is 183 Å². The van der Waals surface area contributed by atoms with Crippen molar-refractivity contribution in [1.82, 2.24) is 4.90 Å². The zero-order valence-corrected chi connectivity index (χ0v) is 17.8. The molecular formula is C27H27NO3. The Hall–Kier alpha value is -3.27. The van der Waals surface area contributed by atoms with Gasteiger partial charge >= 0.3 is 6.09 Å². The summed E-state index contributed by atoms with van der Waals surface area (Å²) in [4.78, 5) is 15.0. The van der Waals surface area contributed by atoms with Crippen molar-refractivity contribution in [3.05, 3.63) is 83.9 Å². The van der Waals surface area contributed by atoms with Gasteiger partial charge in [-0.2, -0.15) is 0 Å². The Morgan fingerprint density at radius 3 is 2.52 bits per heavy atom. The standard InChI is InChI=1S/C27H27NO3/c1-30-26-15-14-23(24-12-5-6-13-25(24)26)20-16-21-10-7-11-22(17-20)28(21)27(29)31-18-19-8-3-2-4-9-19/h2-6,8-9,12-16,21-22H,7,10-11,17-18H2,1H3. The predicted octanol–water partition coefficient (Wildman–Crippen LogP) is 6.20. The number of piperidine rings is 1. The van der Waals surface area contributed by atoms with Crippen molar-refractivity contribution in [3.8, 4) is 5.75 Å². The van der Waals surface area contributed by atoms with Gasteiger partial charge in [0.2, 0.25) is 0 Å². The molecule has 0 N–H and O–H groups in total. The first-order chi connectivity index (χ1) is 15.2. The molecule has 158 valence electrons. The third kappa shape index (κ3) is 3.78. The normalized spacial score (nSPS) is 20.3. The number of carbonyl (C=O) groups is 1. The van der Waals surface area contributed by atoms with E-state index < -0.39 is 0 Å². The largest absolute Gasteiger partial charge is 0.496 e. The van der Waals surface area contributed by atoms with Crippen LogP contribution in [0.2, 0.25) is 0 Å². The third-order valence-electron chi connectivity index (χ3n) is 6.50. The molecule has 0 spiro atoms. The number of ether oxygens (including phenoxy) is 2. The van der Waals surface area contributed by atoms with E-state index in [1.54, 1.807) is 7.11 Å². The minimum absolute atomic E-state index is 0.0895. The molecule has 2 unspecified atom stereocenters. The van der Waals surface area contributed by atoms with Crippen molar-refractivity contribution in [1.29, 1.82) is 0 Å². The highest BCUT2D eigenvalue weighted by Crippen LogP contribution is 2.40. The molecule has 5 rings (SSSR count). The Morgan fingerprint density at radius 2 is 1.74 bits per heavy atom. The van der Waals surface area contributed by atoms with Gasteiger partial charge in [-0.15, -0.1) is 0 Å². The molecule has 0 radical (unpaired) electrons. The first kappa shape index (κ1) is 19.7. The minimum Gasteiger partial charge on any atom is -0.496 e. The predicted molar refractivity (Wildman–Crippen MR) is 123 cm³/mol. The van der Waals surface area contributed by atoms with Crippen LogP contribution >= 0.6 is 0 Å². The number of methoxy groups -OCH3 is 1. The van der Waals surface area contributed by atoms with E-state index in [0.717, 1.165) is 42.4 Å². The summed E-state index contributed by atoms with van der Waals surface area (Å²) in [6.45, 7) is 0.315. The lowest BCUT2D eigenvalue weighted by Gasteiger charge is -2.44. The van der Waals surface area contributed by atoms with Crippen LogP contribution in [-0.4, -0.2) is 30.2 Å². The van der Waals surface area contributed by atoms with Crippen LogP contribution in [0.4, 0.5) is 4.79 Å². The van der Waals surface area contributed by atoms with E-state index in [2.05, 4.69) is 36.4 Å². The average molecular weight is 414 g/mol. The Bertz CT molecular complexity index is 1120. The molecule has 2 bridgehead atoms. The van der Waals surface area contributed by atoms with Gasteiger partial charge < -0.3 is 9.47 Å². The summed E-state index contributed by atoms with van der Waals surface area (Å²) in [5.41, 5.74) is 3.57. The molecular weight excluding hydrogens is 386 g/mol. The zero-order valence-electron chi connectivity index (χ0n) is 17.8. The van der Waals surface area contributed by atoms with Gasteiger partial charge in [-0.05, 0) is 53.8 Å². The van der Waals surface area contributed by atoms with Crippen molar-refractivity contribution in [2.45, 2.75) is 44.4 Å². The molecule has 31 heavy (non-hydrogen) atoms. The maximum Gasteiger partial charge on any atom is 0.410 e. The van der Waals surface area contributed by atoms with E-state index in [-0.39, 0.29) is 18.2 Å². The fraction of sp³-hybridized carbons (Fsp3) is 0.296. The summed E-state index contributed by atoms with van der Waals surface area (Å²) in [7, 11) is 1.71. The van der Waals surface area contributed by atoms with Gasteiger partial charge in [0.05, 0.1) is 13.2 Å². The number of fused-ring (bicyclic) bond motifs is 3. The number of hydrogen-bond acceptors (Lipinski definition) is 3. The Morgan fingerprint density at radius 1 is 0.968 bits per heavy atom. The van der Waals surface area contributed by atoms with Crippen molar-refractivity contribution >= 4 is 22.4 Å². The molecule has 1 fully saturated rings. The summed E-state index contributed by atoms with van der Waals surface area (Å²) in [6, 6.07) is 22.7. The highest BCUT2D eigenvalue weighted by Gasteiger charge is 2.38. The van der Waals surface area contributed by atoms with E-state index in [1.165, 1.54) is 16.5 Å². The quantitative estimate of drug-likeness (QED) is 0.511. The number of nitrogens with zero attached hydrogens (tertiary/aromatic N) is 1. The average Bonchev–Trinajstić information content (AvgIpc) is 2.81. The first-order valence-corrected chi connectivity index (χ1v) is 11.0. The molecule has 3 aromatic carbocycles. The highest BCUT2D eigenvalue weighted by atomic mass is 16.6. The van der Waals surface area contributed by atoms with Gasteiger partial charge in [0.15, 0.2) is 0 Å². The third-order valence-corrected chi connectivity index (χ3v) is 6.50. The van der Waals surface area contributed by atoms with Crippen molar-refractivity contribution in [3.63, 3.8) is 0 Å².